The van der Waals surface area contributed by atoms with Gasteiger partial charge in [0.2, 0.25) is 11.9 Å². The highest BCUT2D eigenvalue weighted by molar-refractivity contribution is 5.73. The van der Waals surface area contributed by atoms with Crippen molar-refractivity contribution in [2.24, 2.45) is 0 Å². The van der Waals surface area contributed by atoms with Gasteiger partial charge in [-0.15, -0.1) is 41.3 Å². The van der Waals surface area contributed by atoms with Crippen molar-refractivity contribution in [1.29, 1.82) is 0 Å². The maximum absolute atomic E-state index is 10.7. The maximum Gasteiger partial charge on any atom is 0.328 e. The van der Waals surface area contributed by atoms with E-state index in [0.717, 1.165) is 11.0 Å². The molecule has 0 aliphatic heterocycles. The number of benzene rings is 2. The summed E-state index contributed by atoms with van der Waals surface area (Å²) in [4.78, 5) is 18.8. The lowest BCUT2D eigenvalue weighted by atomic mass is 10.3. The highest BCUT2D eigenvalue weighted by atomic mass is 16.5. The fourth-order valence-electron chi connectivity index (χ4n) is 3.57. The molecule has 2 heterocycles. The topological polar surface area (TPSA) is 105 Å². The molecule has 10 heteroatoms. The maximum atomic E-state index is 10.7. The number of ether oxygens (including phenoxy) is 1. The van der Waals surface area contributed by atoms with Gasteiger partial charge in [0.05, 0.1) is 0 Å². The van der Waals surface area contributed by atoms with Crippen LogP contribution in [0.3, 0.4) is 0 Å². The molecule has 0 aliphatic rings. The van der Waals surface area contributed by atoms with E-state index < -0.39 is 0 Å². The van der Waals surface area contributed by atoms with Gasteiger partial charge in [-0.3, -0.25) is 0 Å². The molecule has 0 spiro atoms. The van der Waals surface area contributed by atoms with Gasteiger partial charge in [0.1, 0.15) is 28.2 Å². The summed E-state index contributed by atoms with van der Waals surface area (Å²) >= 11 is 0. The van der Waals surface area contributed by atoms with E-state index in [1.165, 1.54) is 10.9 Å². The fraction of sp³-hybridized carbons (Fsp3) is 0.148. The van der Waals surface area contributed by atoms with Gasteiger partial charge < -0.3 is 19.6 Å². The molecule has 0 fully saturated rings. The fourth-order valence-corrected chi connectivity index (χ4v) is 3.57. The number of phenols is 1. The molecule has 0 bridgehead atoms. The van der Waals surface area contributed by atoms with Gasteiger partial charge in [0.25, 0.3) is 0 Å². The highest BCUT2D eigenvalue weighted by Crippen LogP contribution is 2.30. The second-order valence-electron chi connectivity index (χ2n) is 7.91. The van der Waals surface area contributed by atoms with E-state index in [0.29, 0.717) is 49.5 Å². The quantitative estimate of drug-likeness (QED) is 0.269. The molecule has 0 saturated carbocycles. The zero-order valence-electron chi connectivity index (χ0n) is 20.4. The lowest BCUT2D eigenvalue weighted by Gasteiger charge is -2.23. The van der Waals surface area contributed by atoms with Crippen LogP contribution in [0.2, 0.25) is 0 Å². The van der Waals surface area contributed by atoms with E-state index in [1.54, 1.807) is 36.4 Å². The van der Waals surface area contributed by atoms with Crippen molar-refractivity contribution in [3.8, 4) is 23.2 Å². The van der Waals surface area contributed by atoms with Gasteiger partial charge in [-0.1, -0.05) is 36.4 Å². The molecule has 4 rings (SSSR count). The summed E-state index contributed by atoms with van der Waals surface area (Å²) in [6.07, 6.45) is 7.01. The average molecular weight is 497 g/mol. The Labute approximate surface area is 215 Å². The van der Waals surface area contributed by atoms with Crippen LogP contribution < -0.4 is 14.5 Å². The molecule has 2 aromatic carbocycles. The molecule has 2 aromatic heterocycles. The number of rotatable bonds is 13. The number of aromatic nitrogens is 6. The first kappa shape index (κ1) is 25.1. The summed E-state index contributed by atoms with van der Waals surface area (Å²) < 4.78 is 5.97. The number of aromatic hydroxyl groups is 1. The molecule has 0 radical (unpaired) electrons. The number of hydrogen-bond acceptors (Lipinski definition) is 9. The Bertz CT molecular complexity index is 1340. The molecule has 0 saturated heterocycles. The van der Waals surface area contributed by atoms with Crippen molar-refractivity contribution < 1.29 is 9.84 Å². The van der Waals surface area contributed by atoms with Gasteiger partial charge in [0, 0.05) is 32.2 Å². The largest absolute Gasteiger partial charge is 0.505 e. The van der Waals surface area contributed by atoms with Crippen LogP contribution in [0.1, 0.15) is 0 Å². The molecular formula is C27H28N8O2. The SMILES string of the molecule is C=CCN(CC=C)c1nc(Oc2ccc(-n3nc4ccccc4n3)c(O)c2)nc(N(CC=C)CC=C)n1. The summed E-state index contributed by atoms with van der Waals surface area (Å²) in [6, 6.07) is 12.3. The van der Waals surface area contributed by atoms with E-state index in [2.05, 4.69) is 51.5 Å². The Morgan fingerprint density at radius 2 is 1.27 bits per heavy atom. The summed E-state index contributed by atoms with van der Waals surface area (Å²) in [5.74, 6) is 1.06. The van der Waals surface area contributed by atoms with Crippen molar-refractivity contribution in [2.75, 3.05) is 36.0 Å². The van der Waals surface area contributed by atoms with E-state index in [-0.39, 0.29) is 11.8 Å². The lowest BCUT2D eigenvalue weighted by molar-refractivity contribution is 0.427. The third kappa shape index (κ3) is 5.81. The summed E-state index contributed by atoms with van der Waals surface area (Å²) in [6.45, 7) is 17.3. The summed E-state index contributed by atoms with van der Waals surface area (Å²) in [5, 5.41) is 19.6. The van der Waals surface area contributed by atoms with Crippen molar-refractivity contribution >= 4 is 22.9 Å². The second-order valence-corrected chi connectivity index (χ2v) is 7.91. The molecule has 10 nitrogen and oxygen atoms in total. The molecule has 37 heavy (non-hydrogen) atoms. The number of fused-ring (bicyclic) bond motifs is 1. The van der Waals surface area contributed by atoms with Crippen LogP contribution in [0.15, 0.2) is 93.1 Å². The van der Waals surface area contributed by atoms with Gasteiger partial charge in [0.15, 0.2) is 0 Å². The minimum atomic E-state index is -0.0628. The molecule has 1 N–H and O–H groups in total. The van der Waals surface area contributed by atoms with Crippen LogP contribution in [0.4, 0.5) is 11.9 Å². The van der Waals surface area contributed by atoms with Gasteiger partial charge >= 0.3 is 6.01 Å². The van der Waals surface area contributed by atoms with E-state index in [9.17, 15) is 5.11 Å². The number of hydrogen-bond donors (Lipinski definition) is 1. The van der Waals surface area contributed by atoms with Gasteiger partial charge in [-0.2, -0.15) is 15.0 Å². The van der Waals surface area contributed by atoms with E-state index in [1.807, 2.05) is 34.1 Å². The third-order valence-electron chi connectivity index (χ3n) is 5.21. The van der Waals surface area contributed by atoms with Crippen molar-refractivity contribution in [3.05, 3.63) is 93.1 Å². The number of anilines is 2. The Kier molecular flexibility index (Phi) is 7.89. The Hall–Kier alpha value is -4.99. The van der Waals surface area contributed by atoms with Crippen LogP contribution in [0.25, 0.3) is 16.7 Å². The van der Waals surface area contributed by atoms with E-state index in [4.69, 9.17) is 4.74 Å². The predicted octanol–water partition coefficient (Wildman–Crippen LogP) is 4.46. The van der Waals surface area contributed by atoms with E-state index >= 15 is 0 Å². The first-order chi connectivity index (χ1) is 18.1. The van der Waals surface area contributed by atoms with Crippen LogP contribution in [0.5, 0.6) is 17.5 Å². The predicted molar refractivity (Wildman–Crippen MR) is 146 cm³/mol. The molecule has 0 aliphatic carbocycles. The van der Waals surface area contributed by atoms with Gasteiger partial charge in [-0.05, 0) is 24.3 Å². The minimum absolute atomic E-state index is 0.0614. The molecule has 0 amide bonds. The van der Waals surface area contributed by atoms with Gasteiger partial charge in [-0.25, -0.2) is 0 Å². The molecule has 4 aromatic rings. The zero-order chi connectivity index (χ0) is 26.2. The lowest BCUT2D eigenvalue weighted by Crippen LogP contribution is -2.29. The van der Waals surface area contributed by atoms with Crippen LogP contribution in [-0.4, -0.2) is 61.2 Å². The van der Waals surface area contributed by atoms with Crippen LogP contribution >= 0.6 is 0 Å². The van der Waals surface area contributed by atoms with Crippen molar-refractivity contribution in [3.63, 3.8) is 0 Å². The Morgan fingerprint density at radius 3 is 1.73 bits per heavy atom. The third-order valence-corrected chi connectivity index (χ3v) is 5.21. The molecule has 188 valence electrons. The molecule has 0 unspecified atom stereocenters. The smallest absolute Gasteiger partial charge is 0.328 e. The Balaban J connectivity index is 1.68. The second kappa shape index (κ2) is 11.6. The normalized spacial score (nSPS) is 10.6. The first-order valence-corrected chi connectivity index (χ1v) is 11.6. The monoisotopic (exact) mass is 496 g/mol. The average Bonchev–Trinajstić information content (AvgIpc) is 3.32. The first-order valence-electron chi connectivity index (χ1n) is 11.6. The number of phenolic OH excluding ortho intramolecular Hbond substituents is 1. The van der Waals surface area contributed by atoms with Crippen molar-refractivity contribution in [2.45, 2.75) is 0 Å². The zero-order valence-corrected chi connectivity index (χ0v) is 20.4. The van der Waals surface area contributed by atoms with Crippen LogP contribution in [0, 0.1) is 0 Å². The highest BCUT2D eigenvalue weighted by Gasteiger charge is 2.18. The minimum Gasteiger partial charge on any atom is -0.505 e. The summed E-state index contributed by atoms with van der Waals surface area (Å²) in [7, 11) is 0. The molecular weight excluding hydrogens is 468 g/mol. The summed E-state index contributed by atoms with van der Waals surface area (Å²) in [5.41, 5.74) is 1.85. The standard InChI is InChI=1S/C27H28N8O2/c1-5-15-33(16-6-2)25-28-26(34(17-7-3)18-8-4)30-27(29-25)37-20-13-14-23(24(36)19-20)35-31-21-11-9-10-12-22(21)32-35/h5-14,19,36H,1-4,15-18H2. The molecule has 0 atom stereocenters. The van der Waals surface area contributed by atoms with Crippen LogP contribution in [-0.2, 0) is 0 Å². The number of nitrogens with zero attached hydrogens (tertiary/aromatic N) is 8. The Morgan fingerprint density at radius 1 is 0.757 bits per heavy atom. The van der Waals surface area contributed by atoms with Crippen molar-refractivity contribution in [1.82, 2.24) is 29.9 Å².